The standard InChI is InChI=1S/C31H53N8O11P/c1-17(2)11-21(36-31(46)24-7-6-9-39(24)25(41)8-10-50-18(3)4)28(43)35-22(12-20-13-33-16-34-20)29(44)37-23(14-40)30(45)38-26(27(32)42)19(5)15-51(47,48)49/h13,16-19,21-24,26,40H,6-12,14-15H2,1-5H3,(H2,32,42)(H,33,34)(H,35,43)(H,36,46)(H,37,44)(H,38,45)(H2,47,48,49)/t19?,21-,22-,23-,24-,26-/m0/s1. The number of imidazole rings is 1. The lowest BCUT2D eigenvalue weighted by molar-refractivity contribution is -0.140. The number of rotatable bonds is 21. The zero-order chi connectivity index (χ0) is 38.5. The highest BCUT2D eigenvalue weighted by Crippen LogP contribution is 2.37. The Kier molecular flexibility index (Phi) is 17.2. The number of aliphatic hydroxyl groups is 1. The van der Waals surface area contributed by atoms with Crippen LogP contribution in [-0.2, 0) is 44.5 Å². The SMILES string of the molecule is CC(C)C[C@H](NC(=O)[C@@H]1CCCN1C(=O)CCOC(C)C)C(=O)N[C@@H](Cc1cnc[nH]1)C(=O)N[C@@H](CO)C(=O)N[C@H](C(N)=O)C(C)CP(=O)(O)O. The van der Waals surface area contributed by atoms with Gasteiger partial charge in [-0.15, -0.1) is 0 Å². The van der Waals surface area contributed by atoms with Crippen molar-refractivity contribution in [1.29, 1.82) is 0 Å². The van der Waals surface area contributed by atoms with Crippen LogP contribution in [0.3, 0.4) is 0 Å². The maximum atomic E-state index is 13.7. The predicted octanol–water partition coefficient (Wildman–Crippen LogP) is -1.96. The summed E-state index contributed by atoms with van der Waals surface area (Å²) in [5.74, 6) is -5.75. The first-order valence-corrected chi connectivity index (χ1v) is 18.7. The molecule has 20 heteroatoms. The van der Waals surface area contributed by atoms with E-state index >= 15 is 0 Å². The monoisotopic (exact) mass is 744 g/mol. The smallest absolute Gasteiger partial charge is 0.325 e. The second kappa shape index (κ2) is 20.2. The van der Waals surface area contributed by atoms with E-state index in [0.29, 0.717) is 25.1 Å². The molecule has 2 heterocycles. The van der Waals surface area contributed by atoms with E-state index in [1.807, 2.05) is 27.7 Å². The van der Waals surface area contributed by atoms with Gasteiger partial charge in [0.05, 0.1) is 38.2 Å². The minimum absolute atomic E-state index is 0.0533. The van der Waals surface area contributed by atoms with Crippen molar-refractivity contribution < 1.29 is 53.0 Å². The lowest BCUT2D eigenvalue weighted by Crippen LogP contribution is -2.60. The highest BCUT2D eigenvalue weighted by molar-refractivity contribution is 7.51. The Balaban J connectivity index is 2.22. The first-order valence-electron chi connectivity index (χ1n) is 16.9. The van der Waals surface area contributed by atoms with E-state index < -0.39 is 86.0 Å². The van der Waals surface area contributed by atoms with Gasteiger partial charge >= 0.3 is 7.60 Å². The number of hydrogen-bond acceptors (Lipinski definition) is 10. The largest absolute Gasteiger partial charge is 0.394 e. The maximum absolute atomic E-state index is 13.7. The number of primary amides is 1. The molecule has 19 nitrogen and oxygen atoms in total. The molecule has 0 bridgehead atoms. The molecule has 6 amide bonds. The van der Waals surface area contributed by atoms with Crippen molar-refractivity contribution in [3.05, 3.63) is 18.2 Å². The van der Waals surface area contributed by atoms with Crippen LogP contribution in [-0.4, -0.2) is 127 Å². The van der Waals surface area contributed by atoms with E-state index in [1.165, 1.54) is 24.3 Å². The molecule has 288 valence electrons. The number of aliphatic hydroxyl groups excluding tert-OH is 1. The number of ether oxygens (including phenoxy) is 1. The molecule has 0 radical (unpaired) electrons. The number of amides is 6. The van der Waals surface area contributed by atoms with E-state index in [1.54, 1.807) is 0 Å². The van der Waals surface area contributed by atoms with Crippen molar-refractivity contribution in [2.45, 2.75) is 103 Å². The topological polar surface area (TPSA) is 295 Å². The summed E-state index contributed by atoms with van der Waals surface area (Å²) < 4.78 is 16.9. The van der Waals surface area contributed by atoms with Gasteiger partial charge in [-0.3, -0.25) is 33.3 Å². The number of carbonyl (C=O) groups is 6. The molecule has 0 saturated carbocycles. The average Bonchev–Trinajstić information content (AvgIpc) is 3.73. The van der Waals surface area contributed by atoms with Crippen molar-refractivity contribution in [3.8, 4) is 0 Å². The Labute approximate surface area is 296 Å². The summed E-state index contributed by atoms with van der Waals surface area (Å²) in [6, 6.07) is -6.47. The van der Waals surface area contributed by atoms with Gasteiger partial charge in [0.1, 0.15) is 30.2 Å². The number of hydrogen-bond donors (Lipinski definition) is 9. The average molecular weight is 745 g/mol. The van der Waals surface area contributed by atoms with Crippen LogP contribution in [0.15, 0.2) is 12.5 Å². The second-order valence-corrected chi connectivity index (χ2v) is 15.1. The molecule has 1 fully saturated rings. The number of aromatic nitrogens is 2. The molecule has 0 spiro atoms. The van der Waals surface area contributed by atoms with Gasteiger partial charge in [0, 0.05) is 24.9 Å². The van der Waals surface area contributed by atoms with Gasteiger partial charge in [0.25, 0.3) is 0 Å². The number of carbonyl (C=O) groups excluding carboxylic acids is 6. The molecule has 0 aromatic carbocycles. The summed E-state index contributed by atoms with van der Waals surface area (Å²) in [7, 11) is -4.59. The molecule has 1 aliphatic rings. The second-order valence-electron chi connectivity index (χ2n) is 13.4. The highest BCUT2D eigenvalue weighted by atomic mass is 31.2. The van der Waals surface area contributed by atoms with Crippen molar-refractivity contribution in [3.63, 3.8) is 0 Å². The number of likely N-dealkylation sites (tertiary alicyclic amines) is 1. The summed E-state index contributed by atoms with van der Waals surface area (Å²) >= 11 is 0. The molecule has 0 aliphatic carbocycles. The molecule has 51 heavy (non-hydrogen) atoms. The third-order valence-electron chi connectivity index (χ3n) is 8.11. The summed E-state index contributed by atoms with van der Waals surface area (Å²) in [6.45, 7) is 8.31. The first-order chi connectivity index (χ1) is 23.8. The quantitative estimate of drug-likeness (QED) is 0.0620. The third kappa shape index (κ3) is 14.7. The lowest BCUT2D eigenvalue weighted by atomic mass is 10.0. The van der Waals surface area contributed by atoms with Crippen LogP contribution in [0.4, 0.5) is 0 Å². The maximum Gasteiger partial charge on any atom is 0.325 e. The lowest BCUT2D eigenvalue weighted by Gasteiger charge is -2.29. The number of H-pyrrole nitrogens is 1. The number of nitrogens with two attached hydrogens (primary N) is 1. The van der Waals surface area contributed by atoms with Crippen molar-refractivity contribution in [1.82, 2.24) is 36.1 Å². The molecule has 1 saturated heterocycles. The first kappa shape index (κ1) is 43.3. The van der Waals surface area contributed by atoms with Crippen LogP contribution in [0.5, 0.6) is 0 Å². The van der Waals surface area contributed by atoms with Crippen LogP contribution in [0.25, 0.3) is 0 Å². The fourth-order valence-electron chi connectivity index (χ4n) is 5.63. The Hall–Kier alpha value is -3.90. The predicted molar refractivity (Wildman–Crippen MR) is 182 cm³/mol. The minimum Gasteiger partial charge on any atom is -0.394 e. The minimum atomic E-state index is -4.59. The molecule has 1 aliphatic heterocycles. The van der Waals surface area contributed by atoms with E-state index in [2.05, 4.69) is 31.2 Å². The Morgan fingerprint density at radius 2 is 1.63 bits per heavy atom. The van der Waals surface area contributed by atoms with Gasteiger partial charge in [-0.25, -0.2) is 4.98 Å². The van der Waals surface area contributed by atoms with E-state index in [4.69, 9.17) is 10.5 Å². The van der Waals surface area contributed by atoms with Crippen LogP contribution in [0.2, 0.25) is 0 Å². The fourth-order valence-corrected chi connectivity index (χ4v) is 6.59. The molecule has 1 unspecified atom stereocenters. The van der Waals surface area contributed by atoms with Gasteiger partial charge in [-0.2, -0.15) is 0 Å². The van der Waals surface area contributed by atoms with Crippen molar-refractivity contribution in [2.75, 3.05) is 25.9 Å². The van der Waals surface area contributed by atoms with E-state index in [9.17, 15) is 48.2 Å². The highest BCUT2D eigenvalue weighted by Gasteiger charge is 2.37. The van der Waals surface area contributed by atoms with Crippen molar-refractivity contribution in [2.24, 2.45) is 17.6 Å². The van der Waals surface area contributed by atoms with Crippen LogP contribution < -0.4 is 27.0 Å². The zero-order valence-electron chi connectivity index (χ0n) is 29.7. The van der Waals surface area contributed by atoms with Crippen LogP contribution in [0.1, 0.15) is 66.0 Å². The Morgan fingerprint density at radius 3 is 2.18 bits per heavy atom. The molecular formula is C31H53N8O11P. The van der Waals surface area contributed by atoms with Gasteiger partial charge in [-0.1, -0.05) is 20.8 Å². The molecule has 10 N–H and O–H groups in total. The van der Waals surface area contributed by atoms with Gasteiger partial charge in [0.15, 0.2) is 0 Å². The molecule has 2 rings (SSSR count). The zero-order valence-corrected chi connectivity index (χ0v) is 30.6. The normalized spacial score (nSPS) is 17.7. The number of aromatic amines is 1. The van der Waals surface area contributed by atoms with E-state index in [0.717, 1.165) is 0 Å². The molecule has 6 atom stereocenters. The molecular weight excluding hydrogens is 691 g/mol. The fraction of sp³-hybridized carbons (Fsp3) is 0.710. The van der Waals surface area contributed by atoms with Crippen molar-refractivity contribution >= 4 is 43.0 Å². The number of nitrogens with zero attached hydrogens (tertiary/aromatic N) is 2. The molecule has 1 aromatic heterocycles. The summed E-state index contributed by atoms with van der Waals surface area (Å²) in [6.07, 6.45) is 3.08. The Bertz CT molecular complexity index is 1390. The molecule has 1 aromatic rings. The third-order valence-corrected chi connectivity index (χ3v) is 9.16. The van der Waals surface area contributed by atoms with Crippen LogP contribution in [0, 0.1) is 11.8 Å². The van der Waals surface area contributed by atoms with Crippen LogP contribution >= 0.6 is 7.60 Å². The van der Waals surface area contributed by atoms with Gasteiger partial charge < -0.3 is 56.5 Å². The summed E-state index contributed by atoms with van der Waals surface area (Å²) in [5, 5.41) is 19.9. The van der Waals surface area contributed by atoms with Gasteiger partial charge in [0.2, 0.25) is 35.4 Å². The number of nitrogens with one attached hydrogen (secondary N) is 5. The summed E-state index contributed by atoms with van der Waals surface area (Å²) in [4.78, 5) is 105. The summed E-state index contributed by atoms with van der Waals surface area (Å²) in [5.41, 5.74) is 5.77. The van der Waals surface area contributed by atoms with Gasteiger partial charge in [-0.05, 0) is 44.9 Å². The Morgan fingerprint density at radius 1 is 1.00 bits per heavy atom. The van der Waals surface area contributed by atoms with E-state index in [-0.39, 0.29) is 43.8 Å².